The predicted octanol–water partition coefficient (Wildman–Crippen LogP) is 3.28. The number of hydrazone groups is 1. The molecule has 2 N–H and O–H groups in total. The van der Waals surface area contributed by atoms with Crippen molar-refractivity contribution in [1.82, 2.24) is 5.43 Å². The van der Waals surface area contributed by atoms with E-state index in [1.54, 1.807) is 60.7 Å². The lowest BCUT2D eigenvalue weighted by Gasteiger charge is -2.08. The molecule has 2 aromatic carbocycles. The fourth-order valence-corrected chi connectivity index (χ4v) is 2.35. The molecular formula is C21H17N3O4. The average molecular weight is 375 g/mol. The molecule has 2 amide bonds. The molecule has 140 valence electrons. The summed E-state index contributed by atoms with van der Waals surface area (Å²) in [4.78, 5) is 37.1. The smallest absolute Gasteiger partial charge is 0.307 e. The van der Waals surface area contributed by atoms with Gasteiger partial charge >= 0.3 is 5.91 Å². The predicted molar refractivity (Wildman–Crippen MR) is 104 cm³/mol. The number of benzene rings is 2. The highest BCUT2D eigenvalue weighted by Crippen LogP contribution is 2.08. The van der Waals surface area contributed by atoms with Gasteiger partial charge in [0.1, 0.15) is 5.71 Å². The van der Waals surface area contributed by atoms with Crippen LogP contribution < -0.4 is 10.7 Å². The van der Waals surface area contributed by atoms with Crippen molar-refractivity contribution in [2.24, 2.45) is 5.10 Å². The van der Waals surface area contributed by atoms with Gasteiger partial charge in [0, 0.05) is 11.3 Å². The summed E-state index contributed by atoms with van der Waals surface area (Å²) in [6, 6.07) is 20.3. The summed E-state index contributed by atoms with van der Waals surface area (Å²) in [5.41, 5.74) is 3.11. The number of carbonyl (C=O) groups excluding carboxylic acids is 3. The Hall–Kier alpha value is -4.00. The molecule has 0 atom stereocenters. The summed E-state index contributed by atoms with van der Waals surface area (Å²) in [6.07, 6.45) is 1.07. The largest absolute Gasteiger partial charge is 0.459 e. The number of ketones is 1. The van der Waals surface area contributed by atoms with Gasteiger partial charge in [0.05, 0.1) is 12.7 Å². The first-order valence-electron chi connectivity index (χ1n) is 8.48. The van der Waals surface area contributed by atoms with E-state index in [0.29, 0.717) is 11.3 Å². The number of para-hydroxylation sites is 1. The van der Waals surface area contributed by atoms with Crippen LogP contribution in [-0.2, 0) is 4.79 Å². The molecule has 28 heavy (non-hydrogen) atoms. The van der Waals surface area contributed by atoms with Gasteiger partial charge in [-0.05, 0) is 24.3 Å². The number of anilines is 1. The molecule has 0 fully saturated rings. The molecule has 0 aliphatic heterocycles. The molecule has 3 rings (SSSR count). The van der Waals surface area contributed by atoms with Crippen molar-refractivity contribution in [3.63, 3.8) is 0 Å². The van der Waals surface area contributed by atoms with Crippen molar-refractivity contribution < 1.29 is 18.8 Å². The zero-order valence-corrected chi connectivity index (χ0v) is 14.8. The van der Waals surface area contributed by atoms with Crippen LogP contribution in [0.2, 0.25) is 0 Å². The first-order chi connectivity index (χ1) is 13.6. The van der Waals surface area contributed by atoms with E-state index in [0.717, 1.165) is 0 Å². The standard InChI is InChI=1S/C21H17N3O4/c25-18(15-8-3-1-4-9-15)14-17(20(26)22-16-10-5-2-6-11-16)23-24-21(27)19-12-7-13-28-19/h1-13H,14H2,(H,22,26)(H,24,27). The third-order valence-corrected chi connectivity index (χ3v) is 3.75. The minimum absolute atomic E-state index is 0.0425. The van der Waals surface area contributed by atoms with Gasteiger partial charge in [0.2, 0.25) is 0 Å². The fraction of sp³-hybridized carbons (Fsp3) is 0.0476. The van der Waals surface area contributed by atoms with Crippen LogP contribution in [0.4, 0.5) is 5.69 Å². The summed E-state index contributed by atoms with van der Waals surface area (Å²) >= 11 is 0. The highest BCUT2D eigenvalue weighted by Gasteiger charge is 2.19. The topological polar surface area (TPSA) is 101 Å². The molecule has 0 aliphatic rings. The molecule has 3 aromatic rings. The first kappa shape index (κ1) is 18.8. The quantitative estimate of drug-likeness (QED) is 0.376. The Bertz CT molecular complexity index is 981. The Kier molecular flexibility index (Phi) is 6.10. The molecule has 0 unspecified atom stereocenters. The van der Waals surface area contributed by atoms with E-state index in [9.17, 15) is 14.4 Å². The fourth-order valence-electron chi connectivity index (χ4n) is 2.35. The van der Waals surface area contributed by atoms with Crippen molar-refractivity contribution in [2.45, 2.75) is 6.42 Å². The van der Waals surface area contributed by atoms with Crippen LogP contribution in [0, 0.1) is 0 Å². The number of carbonyl (C=O) groups is 3. The second kappa shape index (κ2) is 9.09. The lowest BCUT2D eigenvalue weighted by atomic mass is 10.1. The number of hydrogen-bond acceptors (Lipinski definition) is 5. The molecule has 0 saturated heterocycles. The molecule has 0 spiro atoms. The highest BCUT2D eigenvalue weighted by molar-refractivity contribution is 6.46. The van der Waals surface area contributed by atoms with Gasteiger partial charge in [0.15, 0.2) is 11.5 Å². The van der Waals surface area contributed by atoms with Crippen LogP contribution in [0.15, 0.2) is 88.6 Å². The second-order valence-corrected chi connectivity index (χ2v) is 5.76. The Morgan fingerprint density at radius 2 is 1.54 bits per heavy atom. The summed E-state index contributed by atoms with van der Waals surface area (Å²) < 4.78 is 4.99. The number of Topliss-reactive ketones (excluding diaryl/α,β-unsaturated/α-hetero) is 1. The van der Waals surface area contributed by atoms with Crippen LogP contribution >= 0.6 is 0 Å². The third kappa shape index (κ3) is 5.01. The van der Waals surface area contributed by atoms with Gasteiger partial charge in [-0.2, -0.15) is 5.10 Å². The van der Waals surface area contributed by atoms with Gasteiger partial charge in [0.25, 0.3) is 5.91 Å². The van der Waals surface area contributed by atoms with E-state index in [1.807, 2.05) is 6.07 Å². The summed E-state index contributed by atoms with van der Waals surface area (Å²) in [5.74, 6) is -1.46. The van der Waals surface area contributed by atoms with Gasteiger partial charge in [-0.15, -0.1) is 0 Å². The monoisotopic (exact) mass is 375 g/mol. The number of nitrogens with one attached hydrogen (secondary N) is 2. The Morgan fingerprint density at radius 3 is 2.18 bits per heavy atom. The Labute approximate surface area is 161 Å². The van der Waals surface area contributed by atoms with Gasteiger partial charge < -0.3 is 9.73 Å². The number of rotatable bonds is 7. The van der Waals surface area contributed by atoms with E-state index in [4.69, 9.17) is 4.42 Å². The average Bonchev–Trinajstić information content (AvgIpc) is 3.27. The van der Waals surface area contributed by atoms with Crippen molar-refractivity contribution in [1.29, 1.82) is 0 Å². The SMILES string of the molecule is O=C(Nc1ccccc1)C(CC(=O)c1ccccc1)=NNC(=O)c1ccco1. The summed E-state index contributed by atoms with van der Waals surface area (Å²) in [7, 11) is 0. The van der Waals surface area contributed by atoms with Crippen molar-refractivity contribution in [3.05, 3.63) is 90.4 Å². The van der Waals surface area contributed by atoms with E-state index in [2.05, 4.69) is 15.8 Å². The molecule has 7 nitrogen and oxygen atoms in total. The van der Waals surface area contributed by atoms with Crippen LogP contribution in [0.1, 0.15) is 27.3 Å². The minimum atomic E-state index is -0.623. The highest BCUT2D eigenvalue weighted by atomic mass is 16.3. The Morgan fingerprint density at radius 1 is 0.857 bits per heavy atom. The van der Waals surface area contributed by atoms with Crippen LogP contribution in [0.25, 0.3) is 0 Å². The minimum Gasteiger partial charge on any atom is -0.459 e. The van der Waals surface area contributed by atoms with E-state index in [1.165, 1.54) is 12.3 Å². The maximum atomic E-state index is 12.6. The molecule has 1 aromatic heterocycles. The van der Waals surface area contributed by atoms with Crippen molar-refractivity contribution >= 4 is 29.0 Å². The molecule has 7 heteroatoms. The number of nitrogens with zero attached hydrogens (tertiary/aromatic N) is 1. The lowest BCUT2D eigenvalue weighted by Crippen LogP contribution is -2.29. The summed E-state index contributed by atoms with van der Waals surface area (Å²) in [5, 5.41) is 6.53. The van der Waals surface area contributed by atoms with Gasteiger partial charge in [-0.1, -0.05) is 48.5 Å². The molecule has 0 saturated carbocycles. The van der Waals surface area contributed by atoms with Crippen LogP contribution in [-0.4, -0.2) is 23.3 Å². The number of amides is 2. The molecule has 1 heterocycles. The zero-order valence-electron chi connectivity index (χ0n) is 14.8. The van der Waals surface area contributed by atoms with E-state index < -0.39 is 11.8 Å². The number of furan rings is 1. The van der Waals surface area contributed by atoms with Gasteiger partial charge in [-0.25, -0.2) is 5.43 Å². The van der Waals surface area contributed by atoms with E-state index >= 15 is 0 Å². The molecule has 0 radical (unpaired) electrons. The summed E-state index contributed by atoms with van der Waals surface area (Å²) in [6.45, 7) is 0. The van der Waals surface area contributed by atoms with Crippen LogP contribution in [0.5, 0.6) is 0 Å². The maximum absolute atomic E-state index is 12.6. The molecule has 0 bridgehead atoms. The number of hydrogen-bond donors (Lipinski definition) is 2. The molecular weight excluding hydrogens is 358 g/mol. The van der Waals surface area contributed by atoms with E-state index in [-0.39, 0.29) is 23.7 Å². The second-order valence-electron chi connectivity index (χ2n) is 5.76. The Balaban J connectivity index is 1.78. The van der Waals surface area contributed by atoms with Crippen molar-refractivity contribution in [3.8, 4) is 0 Å². The first-order valence-corrected chi connectivity index (χ1v) is 8.48. The third-order valence-electron chi connectivity index (χ3n) is 3.75. The lowest BCUT2D eigenvalue weighted by molar-refractivity contribution is -0.110. The van der Waals surface area contributed by atoms with Gasteiger partial charge in [-0.3, -0.25) is 14.4 Å². The normalized spacial score (nSPS) is 10.9. The zero-order chi connectivity index (χ0) is 19.8. The van der Waals surface area contributed by atoms with Crippen molar-refractivity contribution in [2.75, 3.05) is 5.32 Å². The maximum Gasteiger partial charge on any atom is 0.307 e. The molecule has 0 aliphatic carbocycles. The van der Waals surface area contributed by atoms with Crippen LogP contribution in [0.3, 0.4) is 0 Å².